The second kappa shape index (κ2) is 18.9. The van der Waals surface area contributed by atoms with Gasteiger partial charge in [-0.2, -0.15) is 0 Å². The van der Waals surface area contributed by atoms with E-state index in [0.29, 0.717) is 18.9 Å². The Morgan fingerprint density at radius 1 is 0.933 bits per heavy atom. The molecule has 8 rings (SSSR count). The summed E-state index contributed by atoms with van der Waals surface area (Å²) in [5.41, 5.74) is 6.43. The zero-order valence-corrected chi connectivity index (χ0v) is 36.2. The van der Waals surface area contributed by atoms with Crippen molar-refractivity contribution in [2.75, 3.05) is 39.5 Å². The monoisotopic (exact) mass is 845 g/mol. The second-order valence-electron chi connectivity index (χ2n) is 20.5. The van der Waals surface area contributed by atoms with Crippen LogP contribution < -0.4 is 21.7 Å². The van der Waals surface area contributed by atoms with Crippen molar-refractivity contribution in [2.24, 2.45) is 76.7 Å². The minimum absolute atomic E-state index is 0.0112. The predicted octanol–water partition coefficient (Wildman–Crippen LogP) is 1.59. The number of allylic oxidation sites excluding steroid dienone is 1. The number of carbonyl (C=O) groups is 2. The number of aliphatic hydroxyl groups excluding tert-OH is 5. The fraction of sp³-hybridized carbons (Fsp3) is 0.913. The number of ether oxygens (including phenoxy) is 3. The van der Waals surface area contributed by atoms with E-state index in [1.807, 2.05) is 0 Å². The Balaban J connectivity index is 1.32. The molecule has 60 heavy (non-hydrogen) atoms. The summed E-state index contributed by atoms with van der Waals surface area (Å²) in [5.74, 6) is -2.49. The van der Waals surface area contributed by atoms with Gasteiger partial charge in [0.15, 0.2) is 0 Å². The number of fused-ring (bicyclic) bond motifs is 5. The Morgan fingerprint density at radius 2 is 1.72 bits per heavy atom. The average molecular weight is 845 g/mol. The zero-order valence-electron chi connectivity index (χ0n) is 36.2. The van der Waals surface area contributed by atoms with E-state index < -0.39 is 72.6 Å². The van der Waals surface area contributed by atoms with Crippen LogP contribution >= 0.6 is 0 Å². The Bertz CT molecular complexity index is 1530. The van der Waals surface area contributed by atoms with Crippen molar-refractivity contribution < 1.29 is 49.3 Å². The number of hydrogen-bond acceptors (Lipinski definition) is 14. The lowest BCUT2D eigenvalue weighted by Crippen LogP contribution is -2.72. The first-order chi connectivity index (χ1) is 28.9. The molecule has 5 heterocycles. The number of nitrogens with one attached hydrogen (secondary N) is 3. The smallest absolute Gasteiger partial charge is 0.336 e. The number of ketones is 1. The van der Waals surface area contributed by atoms with Crippen molar-refractivity contribution in [1.82, 2.24) is 16.0 Å². The maximum atomic E-state index is 14.4. The molecule has 21 unspecified atom stereocenters. The van der Waals surface area contributed by atoms with Gasteiger partial charge in [-0.25, -0.2) is 4.79 Å². The van der Waals surface area contributed by atoms with Crippen LogP contribution in [0.5, 0.6) is 0 Å². The highest BCUT2D eigenvalue weighted by Crippen LogP contribution is 2.61. The van der Waals surface area contributed by atoms with Crippen molar-refractivity contribution in [2.45, 2.75) is 152 Å². The minimum atomic E-state index is -1.16. The first kappa shape index (κ1) is 45.0. The summed E-state index contributed by atoms with van der Waals surface area (Å²) >= 11 is 0. The molecular weight excluding hydrogens is 769 g/mol. The summed E-state index contributed by atoms with van der Waals surface area (Å²) in [5, 5.41) is 67.4. The SMILES string of the molecule is CC=C(CO)C(=O)OC1CC2C(O)C3C(=O)CC(CO)OC3C3C2OC1(C)C(CC1CCC(NCC)NC1)CC1CCC2CCC(O)CC2C(CO)C3C2CCNC(N)C12. The third-order valence-corrected chi connectivity index (χ3v) is 17.7. The van der Waals surface area contributed by atoms with Gasteiger partial charge in [0, 0.05) is 24.9 Å². The Morgan fingerprint density at radius 3 is 2.42 bits per heavy atom. The quantitative estimate of drug-likeness (QED) is 0.119. The normalized spacial score (nSPS) is 49.6. The van der Waals surface area contributed by atoms with Gasteiger partial charge in [-0.15, -0.1) is 0 Å². The summed E-state index contributed by atoms with van der Waals surface area (Å²) in [6, 6.07) is 0. The van der Waals surface area contributed by atoms with Crippen LogP contribution in [-0.4, -0.2) is 131 Å². The molecule has 3 saturated carbocycles. The molecule has 0 amide bonds. The van der Waals surface area contributed by atoms with Gasteiger partial charge in [-0.05, 0) is 157 Å². The highest BCUT2D eigenvalue weighted by Gasteiger charge is 2.67. The van der Waals surface area contributed by atoms with Crippen LogP contribution in [0.1, 0.15) is 97.8 Å². The van der Waals surface area contributed by atoms with Gasteiger partial charge in [-0.3, -0.25) is 4.79 Å². The van der Waals surface area contributed by atoms with E-state index in [2.05, 4.69) is 29.8 Å². The van der Waals surface area contributed by atoms with Crippen LogP contribution in [0.2, 0.25) is 0 Å². The molecule has 8 aliphatic rings. The van der Waals surface area contributed by atoms with E-state index in [1.54, 1.807) is 13.0 Å². The maximum Gasteiger partial charge on any atom is 0.336 e. The lowest BCUT2D eigenvalue weighted by Gasteiger charge is -2.63. The van der Waals surface area contributed by atoms with E-state index in [-0.39, 0.29) is 97.1 Å². The highest BCUT2D eigenvalue weighted by molar-refractivity contribution is 5.88. The molecule has 0 aromatic heterocycles. The van der Waals surface area contributed by atoms with Crippen LogP contribution in [0.25, 0.3) is 0 Å². The first-order valence-corrected chi connectivity index (χ1v) is 23.8. The largest absolute Gasteiger partial charge is 0.456 e. The molecule has 5 aliphatic heterocycles. The zero-order chi connectivity index (χ0) is 42.5. The third kappa shape index (κ3) is 8.31. The Labute approximate surface area is 356 Å². The van der Waals surface area contributed by atoms with Crippen molar-refractivity contribution >= 4 is 11.8 Å². The lowest BCUT2D eigenvalue weighted by molar-refractivity contribution is -0.311. The molecule has 10 N–H and O–H groups in total. The van der Waals surface area contributed by atoms with Gasteiger partial charge in [0.2, 0.25) is 0 Å². The number of rotatable bonds is 9. The summed E-state index contributed by atoms with van der Waals surface area (Å²) in [6.07, 6.45) is 5.68. The molecule has 14 heteroatoms. The van der Waals surface area contributed by atoms with Crippen LogP contribution in [0, 0.1) is 71.0 Å². The molecule has 340 valence electrons. The Hall–Kier alpha value is -1.56. The van der Waals surface area contributed by atoms with Crippen molar-refractivity contribution in [1.29, 1.82) is 0 Å². The fourth-order valence-electron chi connectivity index (χ4n) is 14.8. The number of esters is 1. The average Bonchev–Trinajstić information content (AvgIpc) is 3.28. The van der Waals surface area contributed by atoms with E-state index in [1.165, 1.54) is 0 Å². The molecule has 0 aromatic rings. The molecule has 4 bridgehead atoms. The number of hydrogen-bond donors (Lipinski definition) is 9. The predicted molar refractivity (Wildman–Crippen MR) is 223 cm³/mol. The lowest BCUT2D eigenvalue weighted by atomic mass is 9.50. The molecule has 5 saturated heterocycles. The van der Waals surface area contributed by atoms with Gasteiger partial charge in [0.25, 0.3) is 0 Å². The van der Waals surface area contributed by atoms with Crippen LogP contribution in [0.3, 0.4) is 0 Å². The molecule has 0 spiro atoms. The second-order valence-corrected chi connectivity index (χ2v) is 20.5. The van der Waals surface area contributed by atoms with E-state index in [4.69, 9.17) is 19.9 Å². The van der Waals surface area contributed by atoms with Crippen molar-refractivity contribution in [3.8, 4) is 0 Å². The molecule has 3 aliphatic carbocycles. The number of aliphatic hydroxyl groups is 5. The maximum absolute atomic E-state index is 14.4. The summed E-state index contributed by atoms with van der Waals surface area (Å²) in [6.45, 7) is 7.44. The molecular formula is C46H76N4O10. The van der Waals surface area contributed by atoms with E-state index >= 15 is 0 Å². The summed E-state index contributed by atoms with van der Waals surface area (Å²) in [7, 11) is 0. The molecule has 0 aromatic carbocycles. The number of piperidine rings is 2. The molecule has 0 radical (unpaired) electrons. The van der Waals surface area contributed by atoms with Crippen molar-refractivity contribution in [3.63, 3.8) is 0 Å². The molecule has 14 nitrogen and oxygen atoms in total. The standard InChI is InChI=1S/C46H76N4O10/c1-4-24(20-51)45(57)59-35-18-32-41(56)39-34(55)17-29(21-52)58-43(39)40-38-30-12-13-49-44(47)37(30)26(8-7-25-9-10-28(54)16-31(25)33(38)22-53)15-27(46(35,3)60-42(32)40)14-23-6-11-36(48-5-2)50-19-23/h4,23,25-33,35-44,48-54,56H,5-22,47H2,1-3H3. The van der Waals surface area contributed by atoms with E-state index in [0.717, 1.165) is 70.9 Å². The summed E-state index contributed by atoms with van der Waals surface area (Å²) in [4.78, 5) is 28.3. The number of nitrogens with two attached hydrogens (primary N) is 1. The topological polar surface area (TPSA) is 225 Å². The highest BCUT2D eigenvalue weighted by atomic mass is 16.6. The van der Waals surface area contributed by atoms with Crippen molar-refractivity contribution in [3.05, 3.63) is 11.6 Å². The fourth-order valence-corrected chi connectivity index (χ4v) is 14.8. The molecule has 21 atom stereocenters. The number of Topliss-reactive ketones (excluding diaryl/α,β-unsaturated/α-hetero) is 1. The molecule has 8 fully saturated rings. The Kier molecular flexibility index (Phi) is 14.2. The van der Waals surface area contributed by atoms with Gasteiger partial charge < -0.3 is 61.4 Å². The van der Waals surface area contributed by atoms with Crippen LogP contribution in [0.15, 0.2) is 11.6 Å². The third-order valence-electron chi connectivity index (χ3n) is 17.7. The van der Waals surface area contributed by atoms with Gasteiger partial charge in [-0.1, -0.05) is 13.0 Å². The number of carbonyl (C=O) groups excluding carboxylic acids is 2. The first-order valence-electron chi connectivity index (χ1n) is 23.8. The minimum Gasteiger partial charge on any atom is -0.456 e. The van der Waals surface area contributed by atoms with Gasteiger partial charge >= 0.3 is 5.97 Å². The van der Waals surface area contributed by atoms with Gasteiger partial charge in [0.1, 0.15) is 17.5 Å². The van der Waals surface area contributed by atoms with Crippen LogP contribution in [0.4, 0.5) is 0 Å². The van der Waals surface area contributed by atoms with Gasteiger partial charge in [0.05, 0.1) is 67.6 Å². The van der Waals surface area contributed by atoms with E-state index in [9.17, 15) is 35.1 Å². The summed E-state index contributed by atoms with van der Waals surface area (Å²) < 4.78 is 21.2. The van der Waals surface area contributed by atoms with Crippen LogP contribution in [-0.2, 0) is 23.8 Å².